The van der Waals surface area contributed by atoms with Gasteiger partial charge in [0.05, 0.1) is 21.2 Å². The third kappa shape index (κ3) is 3.52. The van der Waals surface area contributed by atoms with Crippen LogP contribution in [-0.4, -0.2) is 15.8 Å². The number of nitro benzene ring substituents is 1. The molecule has 0 unspecified atom stereocenters. The summed E-state index contributed by atoms with van der Waals surface area (Å²) in [6.45, 7) is 0. The highest BCUT2D eigenvalue weighted by Gasteiger charge is 2.18. The van der Waals surface area contributed by atoms with Crippen LogP contribution in [0.2, 0.25) is 5.02 Å². The highest BCUT2D eigenvalue weighted by atomic mass is 35.5. The van der Waals surface area contributed by atoms with E-state index in [2.05, 4.69) is 10.3 Å². The number of nitro groups is 1. The number of anilines is 1. The Labute approximate surface area is 152 Å². The zero-order valence-electron chi connectivity index (χ0n) is 13.1. The predicted octanol–water partition coefficient (Wildman–Crippen LogP) is 4.70. The van der Waals surface area contributed by atoms with Crippen molar-refractivity contribution in [2.75, 3.05) is 5.32 Å². The Morgan fingerprint density at radius 1 is 1.15 bits per heavy atom. The summed E-state index contributed by atoms with van der Waals surface area (Å²) in [7, 11) is 0. The minimum Gasteiger partial charge on any atom is -0.316 e. The minimum atomic E-state index is -0.796. The number of nitrogens with one attached hydrogen (secondary N) is 1. The van der Waals surface area contributed by atoms with E-state index in [4.69, 9.17) is 11.6 Å². The maximum Gasteiger partial charge on any atom is 0.292 e. The summed E-state index contributed by atoms with van der Waals surface area (Å²) in [5, 5.41) is 13.7. The van der Waals surface area contributed by atoms with Gasteiger partial charge in [-0.1, -0.05) is 29.8 Å². The van der Waals surface area contributed by atoms with Crippen LogP contribution in [0.3, 0.4) is 0 Å². The van der Waals surface area contributed by atoms with Crippen molar-refractivity contribution < 1.29 is 14.1 Å². The van der Waals surface area contributed by atoms with Gasteiger partial charge in [0.15, 0.2) is 0 Å². The van der Waals surface area contributed by atoms with Gasteiger partial charge in [0.1, 0.15) is 11.5 Å². The van der Waals surface area contributed by atoms with Gasteiger partial charge in [-0.2, -0.15) is 0 Å². The average Bonchev–Trinajstić information content (AvgIpc) is 2.62. The molecule has 0 aliphatic heterocycles. The van der Waals surface area contributed by atoms with Gasteiger partial charge in [-0.3, -0.25) is 19.9 Å². The molecule has 26 heavy (non-hydrogen) atoms. The molecular formula is C18H11ClFN3O3. The number of halogens is 2. The fourth-order valence-electron chi connectivity index (χ4n) is 2.37. The molecule has 0 aliphatic carbocycles. The SMILES string of the molecule is O=C(Nc1ccccc1[N+](=O)[O-])c1ccc(-c2ncccc2Cl)cc1F. The molecule has 6 nitrogen and oxygen atoms in total. The van der Waals surface area contributed by atoms with E-state index in [1.807, 2.05) is 0 Å². The van der Waals surface area contributed by atoms with Crippen LogP contribution in [0.15, 0.2) is 60.8 Å². The highest BCUT2D eigenvalue weighted by molar-refractivity contribution is 6.33. The summed E-state index contributed by atoms with van der Waals surface area (Å²) in [5.41, 5.74) is 0.255. The van der Waals surface area contributed by atoms with Crippen LogP contribution in [0, 0.1) is 15.9 Å². The van der Waals surface area contributed by atoms with Gasteiger partial charge in [0, 0.05) is 17.8 Å². The molecule has 3 aromatic rings. The zero-order valence-corrected chi connectivity index (χ0v) is 13.9. The van der Waals surface area contributed by atoms with Gasteiger partial charge in [-0.05, 0) is 30.3 Å². The van der Waals surface area contributed by atoms with E-state index in [0.29, 0.717) is 16.3 Å². The van der Waals surface area contributed by atoms with Crippen molar-refractivity contribution in [1.82, 2.24) is 4.98 Å². The highest BCUT2D eigenvalue weighted by Crippen LogP contribution is 2.28. The maximum atomic E-state index is 14.4. The third-order valence-electron chi connectivity index (χ3n) is 3.59. The molecule has 0 fully saturated rings. The number of benzene rings is 2. The number of amides is 1. The van der Waals surface area contributed by atoms with Crippen molar-refractivity contribution in [3.63, 3.8) is 0 Å². The first-order valence-electron chi connectivity index (χ1n) is 7.42. The van der Waals surface area contributed by atoms with Crippen molar-refractivity contribution in [2.24, 2.45) is 0 Å². The Morgan fingerprint density at radius 3 is 2.62 bits per heavy atom. The lowest BCUT2D eigenvalue weighted by atomic mass is 10.1. The zero-order chi connectivity index (χ0) is 18.7. The standard InChI is InChI=1S/C18H11ClFN3O3/c19-13-4-3-9-21-17(13)11-7-8-12(14(20)10-11)18(24)22-15-5-1-2-6-16(15)23(25)26/h1-10H,(H,22,24). The second-order valence-corrected chi connectivity index (χ2v) is 5.66. The number of pyridine rings is 1. The number of carbonyl (C=O) groups excluding carboxylic acids is 1. The molecule has 0 bridgehead atoms. The first-order chi connectivity index (χ1) is 12.5. The third-order valence-corrected chi connectivity index (χ3v) is 3.90. The van der Waals surface area contributed by atoms with Gasteiger partial charge in [-0.25, -0.2) is 4.39 Å². The quantitative estimate of drug-likeness (QED) is 0.532. The van der Waals surface area contributed by atoms with Gasteiger partial charge < -0.3 is 5.32 Å². The monoisotopic (exact) mass is 371 g/mol. The van der Waals surface area contributed by atoms with E-state index in [1.165, 1.54) is 42.6 Å². The lowest BCUT2D eigenvalue weighted by molar-refractivity contribution is -0.383. The molecule has 8 heteroatoms. The van der Waals surface area contributed by atoms with Gasteiger partial charge in [0.2, 0.25) is 0 Å². The van der Waals surface area contributed by atoms with Crippen LogP contribution in [-0.2, 0) is 0 Å². The number of aromatic nitrogens is 1. The van der Waals surface area contributed by atoms with Crippen LogP contribution in [0.25, 0.3) is 11.3 Å². The Hall–Kier alpha value is -3.32. The van der Waals surface area contributed by atoms with Crippen LogP contribution >= 0.6 is 11.6 Å². The van der Waals surface area contributed by atoms with Crippen LogP contribution in [0.5, 0.6) is 0 Å². The lowest BCUT2D eigenvalue weighted by Gasteiger charge is -2.08. The molecule has 0 radical (unpaired) electrons. The summed E-state index contributed by atoms with van der Waals surface area (Å²) in [6.07, 6.45) is 1.52. The Kier molecular flexibility index (Phi) is 4.90. The number of hydrogen-bond donors (Lipinski definition) is 1. The maximum absolute atomic E-state index is 14.4. The summed E-state index contributed by atoms with van der Waals surface area (Å²) in [4.78, 5) is 26.8. The first kappa shape index (κ1) is 17.5. The van der Waals surface area contributed by atoms with E-state index in [9.17, 15) is 19.3 Å². The summed E-state index contributed by atoms with van der Waals surface area (Å²) >= 11 is 6.04. The van der Waals surface area contributed by atoms with Crippen molar-refractivity contribution in [3.05, 3.63) is 87.3 Å². The van der Waals surface area contributed by atoms with Crippen molar-refractivity contribution >= 4 is 28.9 Å². The predicted molar refractivity (Wildman–Crippen MR) is 95.7 cm³/mol. The summed E-state index contributed by atoms with van der Waals surface area (Å²) < 4.78 is 14.4. The second kappa shape index (κ2) is 7.28. The molecule has 1 aromatic heterocycles. The van der Waals surface area contributed by atoms with E-state index in [1.54, 1.807) is 12.1 Å². The van der Waals surface area contributed by atoms with Crippen LogP contribution in [0.1, 0.15) is 10.4 Å². The van der Waals surface area contributed by atoms with Crippen LogP contribution in [0.4, 0.5) is 15.8 Å². The fraction of sp³-hybridized carbons (Fsp3) is 0. The first-order valence-corrected chi connectivity index (χ1v) is 7.80. The molecule has 0 saturated carbocycles. The normalized spacial score (nSPS) is 10.4. The Morgan fingerprint density at radius 2 is 1.92 bits per heavy atom. The fourth-order valence-corrected chi connectivity index (χ4v) is 2.60. The van der Waals surface area contributed by atoms with Crippen molar-refractivity contribution in [1.29, 1.82) is 0 Å². The summed E-state index contributed by atoms with van der Waals surface area (Å²) in [5.74, 6) is -1.59. The lowest BCUT2D eigenvalue weighted by Crippen LogP contribution is -2.14. The second-order valence-electron chi connectivity index (χ2n) is 5.26. The van der Waals surface area contributed by atoms with E-state index in [-0.39, 0.29) is 16.9 Å². The smallest absolute Gasteiger partial charge is 0.292 e. The number of para-hydroxylation sites is 2. The van der Waals surface area contributed by atoms with Crippen molar-refractivity contribution in [3.8, 4) is 11.3 Å². The van der Waals surface area contributed by atoms with E-state index < -0.39 is 16.6 Å². The number of hydrogen-bond acceptors (Lipinski definition) is 4. The molecular weight excluding hydrogens is 361 g/mol. The molecule has 1 amide bonds. The number of carbonyl (C=O) groups is 1. The minimum absolute atomic E-state index is 0.0150. The molecule has 130 valence electrons. The number of rotatable bonds is 4. The molecule has 0 atom stereocenters. The van der Waals surface area contributed by atoms with Gasteiger partial charge in [0.25, 0.3) is 11.6 Å². The average molecular weight is 372 g/mol. The van der Waals surface area contributed by atoms with Gasteiger partial charge in [-0.15, -0.1) is 0 Å². The molecule has 0 spiro atoms. The van der Waals surface area contributed by atoms with E-state index >= 15 is 0 Å². The Balaban J connectivity index is 1.90. The molecule has 3 rings (SSSR count). The van der Waals surface area contributed by atoms with Gasteiger partial charge >= 0.3 is 0 Å². The number of nitrogens with zero attached hydrogens (tertiary/aromatic N) is 2. The molecule has 1 N–H and O–H groups in total. The molecule has 2 aromatic carbocycles. The molecule has 0 aliphatic rings. The molecule has 0 saturated heterocycles. The molecule has 1 heterocycles. The van der Waals surface area contributed by atoms with Crippen LogP contribution < -0.4 is 5.32 Å². The largest absolute Gasteiger partial charge is 0.316 e. The summed E-state index contributed by atoms with van der Waals surface area (Å²) in [6, 6.07) is 12.8. The Bertz CT molecular complexity index is 1010. The van der Waals surface area contributed by atoms with E-state index in [0.717, 1.165) is 6.07 Å². The topological polar surface area (TPSA) is 85.1 Å². The van der Waals surface area contributed by atoms with Crippen molar-refractivity contribution in [2.45, 2.75) is 0 Å².